The van der Waals surface area contributed by atoms with Crippen molar-refractivity contribution < 1.29 is 27.5 Å². The average Bonchev–Trinajstić information content (AvgIpc) is 2.82. The molecular weight excluding hydrogens is 443 g/mol. The van der Waals surface area contributed by atoms with E-state index in [1.54, 1.807) is 30.3 Å². The molecule has 4 nitrogen and oxygen atoms in total. The maximum absolute atomic E-state index is 13.2. The number of amides is 1. The Kier molecular flexibility index (Phi) is 7.76. The number of carbonyl (C=O) groups excluding carboxylic acids is 2. The van der Waals surface area contributed by atoms with Crippen LogP contribution in [0.15, 0.2) is 72.8 Å². The quantitative estimate of drug-likeness (QED) is 0.410. The van der Waals surface area contributed by atoms with Crippen molar-refractivity contribution in [2.45, 2.75) is 38.9 Å². The van der Waals surface area contributed by atoms with Crippen molar-refractivity contribution in [3.05, 3.63) is 101 Å². The molecule has 1 aliphatic heterocycles. The summed E-state index contributed by atoms with van der Waals surface area (Å²) in [5, 5.41) is 0. The highest BCUT2D eigenvalue weighted by atomic mass is 19.4. The Balaban J connectivity index is 0.000000248. The molecule has 0 bridgehead atoms. The number of anilines is 1. The van der Waals surface area contributed by atoms with Gasteiger partial charge in [-0.3, -0.25) is 4.79 Å². The highest BCUT2D eigenvalue weighted by Gasteiger charge is 2.35. The number of ether oxygens (including phenoxy) is 1. The third-order valence-corrected chi connectivity index (χ3v) is 5.66. The lowest BCUT2D eigenvalue weighted by Gasteiger charge is -2.33. The number of halogens is 3. The maximum Gasteiger partial charge on any atom is 0.416 e. The van der Waals surface area contributed by atoms with Crippen LogP contribution < -0.4 is 4.90 Å². The summed E-state index contributed by atoms with van der Waals surface area (Å²) >= 11 is 0. The molecule has 1 aliphatic rings. The summed E-state index contributed by atoms with van der Waals surface area (Å²) in [4.78, 5) is 24.7. The van der Waals surface area contributed by atoms with Gasteiger partial charge < -0.3 is 9.64 Å². The minimum absolute atomic E-state index is 0.0712. The van der Waals surface area contributed by atoms with Gasteiger partial charge in [-0.15, -0.1) is 0 Å². The van der Waals surface area contributed by atoms with Gasteiger partial charge in [0.25, 0.3) is 0 Å². The summed E-state index contributed by atoms with van der Waals surface area (Å²) in [7, 11) is 1.38. The van der Waals surface area contributed by atoms with Crippen LogP contribution in [0.3, 0.4) is 0 Å². The third kappa shape index (κ3) is 5.84. The number of hydrogen-bond acceptors (Lipinski definition) is 3. The van der Waals surface area contributed by atoms with E-state index in [2.05, 4.69) is 4.74 Å². The number of hydrogen-bond donors (Lipinski definition) is 0. The van der Waals surface area contributed by atoms with E-state index in [-0.39, 0.29) is 29.9 Å². The number of carbonyl (C=O) groups is 2. The molecule has 0 radical (unpaired) electrons. The summed E-state index contributed by atoms with van der Waals surface area (Å²) in [5.41, 5.74) is 2.85. The first kappa shape index (κ1) is 25.0. The summed E-state index contributed by atoms with van der Waals surface area (Å²) in [6.45, 7) is 3.86. The number of nitrogens with zero attached hydrogens (tertiary/aromatic N) is 1. The molecule has 0 saturated carbocycles. The molecule has 1 heterocycles. The van der Waals surface area contributed by atoms with Crippen molar-refractivity contribution in [1.29, 1.82) is 0 Å². The molecule has 3 aromatic rings. The van der Waals surface area contributed by atoms with Crippen LogP contribution in [0.5, 0.6) is 0 Å². The first-order chi connectivity index (χ1) is 16.1. The second kappa shape index (κ2) is 10.5. The Bertz CT molecular complexity index is 1160. The van der Waals surface area contributed by atoms with E-state index < -0.39 is 11.7 Å². The second-order valence-corrected chi connectivity index (χ2v) is 8.16. The van der Waals surface area contributed by atoms with Crippen LogP contribution in [-0.4, -0.2) is 19.0 Å². The molecule has 7 heteroatoms. The molecule has 1 amide bonds. The highest BCUT2D eigenvalue weighted by molar-refractivity contribution is 5.97. The summed E-state index contributed by atoms with van der Waals surface area (Å²) in [5.74, 6) is -0.356. The third-order valence-electron chi connectivity index (χ3n) is 5.66. The lowest BCUT2D eigenvalue weighted by atomic mass is 9.90. The van der Waals surface area contributed by atoms with Gasteiger partial charge in [0.15, 0.2) is 0 Å². The Labute approximate surface area is 197 Å². The molecule has 0 fully saturated rings. The van der Waals surface area contributed by atoms with Crippen molar-refractivity contribution in [2.75, 3.05) is 12.0 Å². The van der Waals surface area contributed by atoms with Gasteiger partial charge in [0, 0.05) is 12.1 Å². The van der Waals surface area contributed by atoms with Crippen molar-refractivity contribution in [1.82, 2.24) is 0 Å². The molecule has 0 aromatic heterocycles. The predicted octanol–water partition coefficient (Wildman–Crippen LogP) is 6.53. The minimum atomic E-state index is -4.43. The molecule has 0 saturated heterocycles. The minimum Gasteiger partial charge on any atom is -0.465 e. The molecule has 4 rings (SSSR count). The fraction of sp³-hybridized carbons (Fsp3) is 0.259. The van der Waals surface area contributed by atoms with E-state index in [0.29, 0.717) is 17.7 Å². The first-order valence-corrected chi connectivity index (χ1v) is 10.8. The van der Waals surface area contributed by atoms with E-state index in [9.17, 15) is 22.8 Å². The average molecular weight is 470 g/mol. The van der Waals surface area contributed by atoms with Crippen LogP contribution in [0.2, 0.25) is 0 Å². The number of benzene rings is 3. The van der Waals surface area contributed by atoms with Gasteiger partial charge in [-0.25, -0.2) is 4.79 Å². The van der Waals surface area contributed by atoms with Crippen molar-refractivity contribution in [3.8, 4) is 0 Å². The number of alkyl halides is 3. The summed E-state index contributed by atoms with van der Waals surface area (Å²) in [6, 6.07) is 20.1. The Morgan fingerprint density at radius 1 is 1.00 bits per heavy atom. The number of rotatable bonds is 3. The van der Waals surface area contributed by atoms with Crippen LogP contribution in [0.4, 0.5) is 18.9 Å². The first-order valence-electron chi connectivity index (χ1n) is 10.8. The van der Waals surface area contributed by atoms with Gasteiger partial charge >= 0.3 is 12.1 Å². The fourth-order valence-corrected chi connectivity index (χ4v) is 3.85. The van der Waals surface area contributed by atoms with Crippen LogP contribution in [-0.2, 0) is 22.3 Å². The van der Waals surface area contributed by atoms with Crippen molar-refractivity contribution in [2.24, 2.45) is 0 Å². The number of fused-ring (bicyclic) bond motifs is 1. The molecule has 1 unspecified atom stereocenters. The van der Waals surface area contributed by atoms with E-state index in [4.69, 9.17) is 0 Å². The van der Waals surface area contributed by atoms with E-state index in [1.165, 1.54) is 24.1 Å². The second-order valence-electron chi connectivity index (χ2n) is 8.16. The van der Waals surface area contributed by atoms with Gasteiger partial charge in [0.2, 0.25) is 5.91 Å². The van der Waals surface area contributed by atoms with E-state index >= 15 is 0 Å². The Hall–Kier alpha value is -3.61. The van der Waals surface area contributed by atoms with Gasteiger partial charge in [-0.1, -0.05) is 61.0 Å². The van der Waals surface area contributed by atoms with Gasteiger partial charge in [-0.05, 0) is 48.2 Å². The zero-order chi connectivity index (χ0) is 24.9. The van der Waals surface area contributed by atoms with E-state index in [0.717, 1.165) is 17.2 Å². The standard InChI is InChI=1S/C18H16F3NO.C9H10O2/c1-12-10-17(23)22(16-9-5-3-7-14(12)16)11-13-6-2-4-8-15(13)18(19,20)21;1-7-3-5-8(6-4-7)9(10)11-2/h2-9,12H,10-11H2,1H3;3-6H,1-2H3. The topological polar surface area (TPSA) is 46.6 Å². The van der Waals surface area contributed by atoms with Crippen LogP contribution in [0.1, 0.15) is 51.9 Å². The maximum atomic E-state index is 13.2. The molecule has 34 heavy (non-hydrogen) atoms. The predicted molar refractivity (Wildman–Crippen MR) is 125 cm³/mol. The SMILES string of the molecule is CC1CC(=O)N(Cc2ccccc2C(F)(F)F)c2ccccc21.COC(=O)c1ccc(C)cc1. The zero-order valence-electron chi connectivity index (χ0n) is 19.2. The Morgan fingerprint density at radius 3 is 2.26 bits per heavy atom. The Morgan fingerprint density at radius 2 is 1.62 bits per heavy atom. The largest absolute Gasteiger partial charge is 0.465 e. The normalized spacial score (nSPS) is 15.2. The smallest absolute Gasteiger partial charge is 0.416 e. The fourth-order valence-electron chi connectivity index (χ4n) is 3.85. The number of methoxy groups -OCH3 is 1. The highest BCUT2D eigenvalue weighted by Crippen LogP contribution is 2.38. The lowest BCUT2D eigenvalue weighted by molar-refractivity contribution is -0.138. The molecule has 3 aromatic carbocycles. The molecule has 1 atom stereocenters. The molecular formula is C27H26F3NO3. The van der Waals surface area contributed by atoms with Crippen LogP contribution in [0.25, 0.3) is 0 Å². The molecule has 0 aliphatic carbocycles. The number of esters is 1. The van der Waals surface area contributed by atoms with E-state index in [1.807, 2.05) is 38.1 Å². The van der Waals surface area contributed by atoms with Gasteiger partial charge in [0.1, 0.15) is 0 Å². The number of aryl methyl sites for hydroxylation is 1. The number of para-hydroxylation sites is 1. The molecule has 0 spiro atoms. The molecule has 178 valence electrons. The zero-order valence-corrected chi connectivity index (χ0v) is 19.2. The lowest BCUT2D eigenvalue weighted by Crippen LogP contribution is -2.36. The van der Waals surface area contributed by atoms with Gasteiger partial charge in [-0.2, -0.15) is 13.2 Å². The summed E-state index contributed by atoms with van der Waals surface area (Å²) in [6.07, 6.45) is -4.12. The van der Waals surface area contributed by atoms with Crippen LogP contribution in [0, 0.1) is 6.92 Å². The summed E-state index contributed by atoms with van der Waals surface area (Å²) < 4.78 is 44.0. The monoisotopic (exact) mass is 469 g/mol. The van der Waals surface area contributed by atoms with Crippen molar-refractivity contribution in [3.63, 3.8) is 0 Å². The van der Waals surface area contributed by atoms with Crippen molar-refractivity contribution >= 4 is 17.6 Å². The van der Waals surface area contributed by atoms with Gasteiger partial charge in [0.05, 0.1) is 24.8 Å². The molecule has 0 N–H and O–H groups in total. The van der Waals surface area contributed by atoms with Crippen LogP contribution >= 0.6 is 0 Å².